The maximum Gasteiger partial charge on any atom is 0.373 e. The Balaban J connectivity index is 2.59. The van der Waals surface area contributed by atoms with Crippen molar-refractivity contribution in [3.8, 4) is 5.75 Å². The SMILES string of the molecule is COC(=O)c1cc2c(Br)c(O)c(CN(C)C)cc2o1. The van der Waals surface area contributed by atoms with Gasteiger partial charge in [0.05, 0.1) is 11.6 Å². The van der Waals surface area contributed by atoms with E-state index in [1.807, 2.05) is 19.0 Å². The number of carbonyl (C=O) groups is 1. The van der Waals surface area contributed by atoms with Crippen molar-refractivity contribution in [3.05, 3.63) is 27.9 Å². The van der Waals surface area contributed by atoms with Crippen LogP contribution in [0.3, 0.4) is 0 Å². The van der Waals surface area contributed by atoms with E-state index in [2.05, 4.69) is 20.7 Å². The highest BCUT2D eigenvalue weighted by Crippen LogP contribution is 2.37. The monoisotopic (exact) mass is 327 g/mol. The van der Waals surface area contributed by atoms with Gasteiger partial charge in [-0.1, -0.05) is 0 Å². The van der Waals surface area contributed by atoms with E-state index in [1.54, 1.807) is 12.1 Å². The van der Waals surface area contributed by atoms with Gasteiger partial charge in [0.15, 0.2) is 0 Å². The molecule has 5 nitrogen and oxygen atoms in total. The number of aromatic hydroxyl groups is 1. The first-order chi connectivity index (χ1) is 8.93. The van der Waals surface area contributed by atoms with Crippen molar-refractivity contribution in [1.29, 1.82) is 0 Å². The molecule has 0 spiro atoms. The second-order valence-electron chi connectivity index (χ2n) is 4.45. The quantitative estimate of drug-likeness (QED) is 0.878. The van der Waals surface area contributed by atoms with E-state index in [4.69, 9.17) is 4.42 Å². The molecular weight excluding hydrogens is 314 g/mol. The Hall–Kier alpha value is -1.53. The Morgan fingerprint density at radius 1 is 1.47 bits per heavy atom. The Morgan fingerprint density at radius 3 is 2.74 bits per heavy atom. The summed E-state index contributed by atoms with van der Waals surface area (Å²) in [6, 6.07) is 3.27. The van der Waals surface area contributed by atoms with E-state index >= 15 is 0 Å². The zero-order chi connectivity index (χ0) is 14.2. The molecule has 0 aliphatic rings. The highest BCUT2D eigenvalue weighted by Gasteiger charge is 2.18. The number of benzene rings is 1. The first-order valence-corrected chi connectivity index (χ1v) is 6.40. The number of phenols is 1. The van der Waals surface area contributed by atoms with Crippen molar-refractivity contribution in [2.24, 2.45) is 0 Å². The third-order valence-corrected chi connectivity index (χ3v) is 3.49. The molecule has 0 fully saturated rings. The average Bonchev–Trinajstić information content (AvgIpc) is 2.78. The maximum absolute atomic E-state index is 11.4. The lowest BCUT2D eigenvalue weighted by Crippen LogP contribution is -2.10. The van der Waals surface area contributed by atoms with Gasteiger partial charge >= 0.3 is 5.97 Å². The number of rotatable bonds is 3. The third-order valence-electron chi connectivity index (χ3n) is 2.69. The highest BCUT2D eigenvalue weighted by molar-refractivity contribution is 9.10. The van der Waals surface area contributed by atoms with E-state index in [0.717, 1.165) is 5.56 Å². The number of phenolic OH excluding ortho intramolecular Hbond substituents is 1. The average molecular weight is 328 g/mol. The van der Waals surface area contributed by atoms with Crippen molar-refractivity contribution in [2.45, 2.75) is 6.54 Å². The number of fused-ring (bicyclic) bond motifs is 1. The number of hydrogen-bond acceptors (Lipinski definition) is 5. The summed E-state index contributed by atoms with van der Waals surface area (Å²) in [6.45, 7) is 0.564. The molecule has 0 bridgehead atoms. The van der Waals surface area contributed by atoms with Gasteiger partial charge in [0.2, 0.25) is 5.76 Å². The molecule has 0 aliphatic heterocycles. The summed E-state index contributed by atoms with van der Waals surface area (Å²) in [6.07, 6.45) is 0. The molecular formula is C13H14BrNO4. The minimum absolute atomic E-state index is 0.111. The van der Waals surface area contributed by atoms with E-state index in [0.29, 0.717) is 22.0 Å². The van der Waals surface area contributed by atoms with Crippen LogP contribution in [-0.2, 0) is 11.3 Å². The molecule has 0 saturated heterocycles. The van der Waals surface area contributed by atoms with Gasteiger partial charge in [-0.2, -0.15) is 0 Å². The van der Waals surface area contributed by atoms with Crippen LogP contribution in [0.2, 0.25) is 0 Å². The summed E-state index contributed by atoms with van der Waals surface area (Å²) in [7, 11) is 5.10. The molecule has 1 aromatic carbocycles. The summed E-state index contributed by atoms with van der Waals surface area (Å²) in [5, 5.41) is 10.8. The number of esters is 1. The number of ether oxygens (including phenoxy) is 1. The van der Waals surface area contributed by atoms with Gasteiger partial charge in [0, 0.05) is 23.6 Å². The zero-order valence-electron chi connectivity index (χ0n) is 10.9. The van der Waals surface area contributed by atoms with Gasteiger partial charge in [-0.15, -0.1) is 0 Å². The number of methoxy groups -OCH3 is 1. The van der Waals surface area contributed by atoms with Gasteiger partial charge < -0.3 is 19.2 Å². The van der Waals surface area contributed by atoms with Crippen molar-refractivity contribution in [3.63, 3.8) is 0 Å². The lowest BCUT2D eigenvalue weighted by molar-refractivity contribution is 0.0567. The molecule has 19 heavy (non-hydrogen) atoms. The van der Waals surface area contributed by atoms with E-state index in [1.165, 1.54) is 7.11 Å². The van der Waals surface area contributed by atoms with Crippen molar-refractivity contribution >= 4 is 32.9 Å². The fourth-order valence-corrected chi connectivity index (χ4v) is 2.41. The minimum atomic E-state index is -0.545. The lowest BCUT2D eigenvalue weighted by atomic mass is 10.1. The highest BCUT2D eigenvalue weighted by atomic mass is 79.9. The van der Waals surface area contributed by atoms with Crippen LogP contribution in [0.1, 0.15) is 16.1 Å². The normalized spacial score (nSPS) is 11.2. The molecule has 0 unspecified atom stereocenters. The minimum Gasteiger partial charge on any atom is -0.506 e. The van der Waals surface area contributed by atoms with Gasteiger partial charge in [0.25, 0.3) is 0 Å². The Morgan fingerprint density at radius 2 is 2.16 bits per heavy atom. The Bertz CT molecular complexity index is 633. The first-order valence-electron chi connectivity index (χ1n) is 5.61. The molecule has 0 saturated carbocycles. The summed E-state index contributed by atoms with van der Waals surface area (Å²) < 4.78 is 10.6. The van der Waals surface area contributed by atoms with Crippen LogP contribution in [-0.4, -0.2) is 37.2 Å². The molecule has 102 valence electrons. The number of furan rings is 1. The lowest BCUT2D eigenvalue weighted by Gasteiger charge is -2.12. The second kappa shape index (κ2) is 5.22. The summed E-state index contributed by atoms with van der Waals surface area (Å²) >= 11 is 3.33. The maximum atomic E-state index is 11.4. The van der Waals surface area contributed by atoms with Crippen LogP contribution in [0.4, 0.5) is 0 Å². The van der Waals surface area contributed by atoms with Gasteiger partial charge in [0.1, 0.15) is 11.3 Å². The molecule has 0 atom stereocenters. The predicted molar refractivity (Wildman–Crippen MR) is 74.3 cm³/mol. The Labute approximate surface area is 118 Å². The largest absolute Gasteiger partial charge is 0.506 e. The Kier molecular flexibility index (Phi) is 3.82. The van der Waals surface area contributed by atoms with E-state index < -0.39 is 5.97 Å². The van der Waals surface area contributed by atoms with Crippen LogP contribution in [0, 0.1) is 0 Å². The van der Waals surface area contributed by atoms with Crippen molar-refractivity contribution in [1.82, 2.24) is 4.90 Å². The number of nitrogens with zero attached hydrogens (tertiary/aromatic N) is 1. The third kappa shape index (κ3) is 2.59. The molecule has 6 heteroatoms. The fourth-order valence-electron chi connectivity index (χ4n) is 1.84. The number of halogens is 1. The topological polar surface area (TPSA) is 62.9 Å². The molecule has 0 radical (unpaired) electrons. The van der Waals surface area contributed by atoms with Gasteiger partial charge in [-0.05, 0) is 36.1 Å². The van der Waals surface area contributed by atoms with Crippen molar-refractivity contribution < 1.29 is 19.1 Å². The summed E-state index contributed by atoms with van der Waals surface area (Å²) in [4.78, 5) is 13.4. The molecule has 2 aromatic rings. The molecule has 0 amide bonds. The van der Waals surface area contributed by atoms with Crippen LogP contribution in [0.25, 0.3) is 11.0 Å². The van der Waals surface area contributed by atoms with Crippen LogP contribution < -0.4 is 0 Å². The summed E-state index contributed by atoms with van der Waals surface area (Å²) in [5.41, 5.74) is 1.25. The van der Waals surface area contributed by atoms with Crippen molar-refractivity contribution in [2.75, 3.05) is 21.2 Å². The first kappa shape index (κ1) is 13.9. The molecule has 0 aliphatic carbocycles. The van der Waals surface area contributed by atoms with Gasteiger partial charge in [-0.3, -0.25) is 0 Å². The smallest absolute Gasteiger partial charge is 0.373 e. The van der Waals surface area contributed by atoms with Crippen LogP contribution in [0.5, 0.6) is 5.75 Å². The zero-order valence-corrected chi connectivity index (χ0v) is 12.4. The van der Waals surface area contributed by atoms with Crippen LogP contribution in [0.15, 0.2) is 21.0 Å². The number of hydrogen-bond donors (Lipinski definition) is 1. The molecule has 2 rings (SSSR count). The standard InChI is InChI=1S/C13H14BrNO4/c1-15(2)6-7-4-9-8(11(14)12(7)16)5-10(19-9)13(17)18-3/h4-5,16H,6H2,1-3H3. The summed E-state index contributed by atoms with van der Waals surface area (Å²) in [5.74, 6) is -0.283. The number of carbonyl (C=O) groups excluding carboxylic acids is 1. The van der Waals surface area contributed by atoms with Gasteiger partial charge in [-0.25, -0.2) is 4.79 Å². The fraction of sp³-hybridized carbons (Fsp3) is 0.308. The molecule has 1 N–H and O–H groups in total. The predicted octanol–water partition coefficient (Wildman–Crippen LogP) is 2.75. The second-order valence-corrected chi connectivity index (χ2v) is 5.24. The van der Waals surface area contributed by atoms with E-state index in [9.17, 15) is 9.90 Å². The molecule has 1 aromatic heterocycles. The van der Waals surface area contributed by atoms with Crippen LogP contribution >= 0.6 is 15.9 Å². The molecule has 1 heterocycles. The van der Waals surface area contributed by atoms with E-state index in [-0.39, 0.29) is 11.5 Å².